The molecule has 0 aromatic heterocycles. The number of aliphatic hydroxyl groups excluding tert-OH is 1. The fourth-order valence-corrected chi connectivity index (χ4v) is 2.18. The number of nitrogens with zero attached hydrogens (tertiary/aromatic N) is 1. The predicted octanol–water partition coefficient (Wildman–Crippen LogP) is 1.22. The van der Waals surface area contributed by atoms with Crippen molar-refractivity contribution < 1.29 is 5.11 Å². The second kappa shape index (κ2) is 6.46. The van der Waals surface area contributed by atoms with Crippen LogP contribution in [0.3, 0.4) is 0 Å². The monoisotopic (exact) mass is 214 g/mol. The molecule has 3 heteroatoms. The summed E-state index contributed by atoms with van der Waals surface area (Å²) in [4.78, 5) is 2.23. The summed E-state index contributed by atoms with van der Waals surface area (Å²) in [7, 11) is 4.23. The van der Waals surface area contributed by atoms with Gasteiger partial charge in [0.05, 0.1) is 6.10 Å². The van der Waals surface area contributed by atoms with Crippen molar-refractivity contribution in [1.29, 1.82) is 0 Å². The molecule has 1 unspecified atom stereocenters. The standard InChI is InChI=1S/C12H26N2O/c1-10(8-9-14(2)3)13-11-4-6-12(15)7-5-11/h10-13,15H,4-9H2,1-3H3. The van der Waals surface area contributed by atoms with Crippen LogP contribution in [0.1, 0.15) is 39.0 Å². The van der Waals surface area contributed by atoms with Crippen LogP contribution in [0.2, 0.25) is 0 Å². The normalized spacial score (nSPS) is 29.4. The van der Waals surface area contributed by atoms with E-state index in [2.05, 4.69) is 31.2 Å². The molecule has 0 bridgehead atoms. The Labute approximate surface area is 93.9 Å². The molecular weight excluding hydrogens is 188 g/mol. The van der Waals surface area contributed by atoms with Crippen molar-refractivity contribution in [2.24, 2.45) is 0 Å². The van der Waals surface area contributed by atoms with Gasteiger partial charge in [-0.3, -0.25) is 0 Å². The molecule has 0 aromatic carbocycles. The van der Waals surface area contributed by atoms with Gasteiger partial charge in [0.1, 0.15) is 0 Å². The summed E-state index contributed by atoms with van der Waals surface area (Å²) in [5.41, 5.74) is 0. The van der Waals surface area contributed by atoms with Crippen LogP contribution in [-0.4, -0.2) is 48.8 Å². The van der Waals surface area contributed by atoms with Crippen LogP contribution in [0.4, 0.5) is 0 Å². The topological polar surface area (TPSA) is 35.5 Å². The molecular formula is C12H26N2O. The van der Waals surface area contributed by atoms with Gasteiger partial charge >= 0.3 is 0 Å². The number of rotatable bonds is 5. The van der Waals surface area contributed by atoms with Gasteiger partial charge in [0.25, 0.3) is 0 Å². The highest BCUT2D eigenvalue weighted by molar-refractivity contribution is 4.79. The van der Waals surface area contributed by atoms with Gasteiger partial charge in [-0.05, 0) is 59.7 Å². The Morgan fingerprint density at radius 2 is 1.87 bits per heavy atom. The van der Waals surface area contributed by atoms with Crippen molar-refractivity contribution in [3.8, 4) is 0 Å². The molecule has 0 spiro atoms. The number of hydrogen-bond acceptors (Lipinski definition) is 3. The largest absolute Gasteiger partial charge is 0.393 e. The minimum atomic E-state index is -0.0415. The van der Waals surface area contributed by atoms with Gasteiger partial charge in [0.15, 0.2) is 0 Å². The van der Waals surface area contributed by atoms with Gasteiger partial charge in [-0.2, -0.15) is 0 Å². The van der Waals surface area contributed by atoms with Crippen molar-refractivity contribution in [1.82, 2.24) is 10.2 Å². The number of hydrogen-bond donors (Lipinski definition) is 2. The Balaban J connectivity index is 2.12. The molecule has 1 fully saturated rings. The zero-order valence-corrected chi connectivity index (χ0v) is 10.4. The Bertz CT molecular complexity index is 165. The molecule has 90 valence electrons. The van der Waals surface area contributed by atoms with Gasteiger partial charge < -0.3 is 15.3 Å². The lowest BCUT2D eigenvalue weighted by Gasteiger charge is -2.29. The van der Waals surface area contributed by atoms with Crippen molar-refractivity contribution in [3.05, 3.63) is 0 Å². The molecule has 1 aliphatic rings. The van der Waals surface area contributed by atoms with E-state index in [-0.39, 0.29) is 6.10 Å². The second-order valence-corrected chi connectivity index (χ2v) is 5.17. The maximum atomic E-state index is 9.40. The average molecular weight is 214 g/mol. The van der Waals surface area contributed by atoms with Crippen molar-refractivity contribution in [2.45, 2.75) is 57.2 Å². The first-order valence-electron chi connectivity index (χ1n) is 6.16. The second-order valence-electron chi connectivity index (χ2n) is 5.17. The van der Waals surface area contributed by atoms with E-state index in [1.54, 1.807) is 0 Å². The van der Waals surface area contributed by atoms with Gasteiger partial charge in [0, 0.05) is 12.1 Å². The minimum absolute atomic E-state index is 0.0415. The fraction of sp³-hybridized carbons (Fsp3) is 1.00. The summed E-state index contributed by atoms with van der Waals surface area (Å²) in [5, 5.41) is 13.1. The van der Waals surface area contributed by atoms with Gasteiger partial charge in [-0.25, -0.2) is 0 Å². The maximum absolute atomic E-state index is 9.40. The Morgan fingerprint density at radius 3 is 2.40 bits per heavy atom. The summed E-state index contributed by atoms with van der Waals surface area (Å²) in [6.07, 6.45) is 5.36. The molecule has 3 nitrogen and oxygen atoms in total. The molecule has 0 radical (unpaired) electrons. The third kappa shape index (κ3) is 5.50. The van der Waals surface area contributed by atoms with E-state index >= 15 is 0 Å². The molecule has 1 rings (SSSR count). The summed E-state index contributed by atoms with van der Waals surface area (Å²) >= 11 is 0. The van der Waals surface area contributed by atoms with Gasteiger partial charge in [0.2, 0.25) is 0 Å². The van der Waals surface area contributed by atoms with Crippen LogP contribution in [0.25, 0.3) is 0 Å². The van der Waals surface area contributed by atoms with Crippen LogP contribution in [0.5, 0.6) is 0 Å². The quantitative estimate of drug-likeness (QED) is 0.722. The van der Waals surface area contributed by atoms with E-state index in [0.717, 1.165) is 32.2 Å². The van der Waals surface area contributed by atoms with Gasteiger partial charge in [-0.15, -0.1) is 0 Å². The SMILES string of the molecule is CC(CCN(C)C)NC1CCC(O)CC1. The molecule has 2 N–H and O–H groups in total. The molecule has 0 aromatic rings. The van der Waals surface area contributed by atoms with E-state index in [1.807, 2.05) is 0 Å². The third-order valence-electron chi connectivity index (χ3n) is 3.23. The first-order valence-corrected chi connectivity index (χ1v) is 6.16. The lowest BCUT2D eigenvalue weighted by molar-refractivity contribution is 0.114. The molecule has 0 amide bonds. The Hall–Kier alpha value is -0.120. The van der Waals surface area contributed by atoms with Crippen LogP contribution < -0.4 is 5.32 Å². The lowest BCUT2D eigenvalue weighted by Crippen LogP contribution is -2.41. The molecule has 0 saturated heterocycles. The highest BCUT2D eigenvalue weighted by Crippen LogP contribution is 2.18. The zero-order valence-electron chi connectivity index (χ0n) is 10.4. The highest BCUT2D eigenvalue weighted by Gasteiger charge is 2.20. The van der Waals surface area contributed by atoms with E-state index in [4.69, 9.17) is 0 Å². The van der Waals surface area contributed by atoms with E-state index in [0.29, 0.717) is 12.1 Å². The van der Waals surface area contributed by atoms with Crippen molar-refractivity contribution >= 4 is 0 Å². The first kappa shape index (κ1) is 12.9. The van der Waals surface area contributed by atoms with E-state index in [1.165, 1.54) is 6.42 Å². The maximum Gasteiger partial charge on any atom is 0.0541 e. The van der Waals surface area contributed by atoms with E-state index < -0.39 is 0 Å². The van der Waals surface area contributed by atoms with E-state index in [9.17, 15) is 5.11 Å². The van der Waals surface area contributed by atoms with Crippen LogP contribution >= 0.6 is 0 Å². The molecule has 1 aliphatic carbocycles. The van der Waals surface area contributed by atoms with Crippen molar-refractivity contribution in [2.75, 3.05) is 20.6 Å². The molecule has 15 heavy (non-hydrogen) atoms. The molecule has 1 saturated carbocycles. The average Bonchev–Trinajstić information content (AvgIpc) is 2.19. The smallest absolute Gasteiger partial charge is 0.0541 e. The Kier molecular flexibility index (Phi) is 5.58. The highest BCUT2D eigenvalue weighted by atomic mass is 16.3. The molecule has 0 heterocycles. The predicted molar refractivity (Wildman–Crippen MR) is 64.0 cm³/mol. The summed E-state index contributed by atoms with van der Waals surface area (Å²) in [6.45, 7) is 3.40. The number of aliphatic hydroxyl groups is 1. The summed E-state index contributed by atoms with van der Waals surface area (Å²) < 4.78 is 0. The molecule has 1 atom stereocenters. The molecule has 0 aliphatic heterocycles. The third-order valence-corrected chi connectivity index (χ3v) is 3.23. The van der Waals surface area contributed by atoms with Crippen LogP contribution in [0.15, 0.2) is 0 Å². The fourth-order valence-electron chi connectivity index (χ4n) is 2.18. The lowest BCUT2D eigenvalue weighted by atomic mass is 9.92. The first-order chi connectivity index (χ1) is 7.08. The number of nitrogens with one attached hydrogen (secondary N) is 1. The summed E-state index contributed by atoms with van der Waals surface area (Å²) in [6, 6.07) is 1.22. The zero-order chi connectivity index (χ0) is 11.3. The van der Waals surface area contributed by atoms with Crippen LogP contribution in [-0.2, 0) is 0 Å². The van der Waals surface area contributed by atoms with Crippen LogP contribution in [0, 0.1) is 0 Å². The van der Waals surface area contributed by atoms with Gasteiger partial charge in [-0.1, -0.05) is 0 Å². The van der Waals surface area contributed by atoms with Crippen molar-refractivity contribution in [3.63, 3.8) is 0 Å². The minimum Gasteiger partial charge on any atom is -0.393 e. The Morgan fingerprint density at radius 1 is 1.27 bits per heavy atom. The summed E-state index contributed by atoms with van der Waals surface area (Å²) in [5.74, 6) is 0.